The lowest BCUT2D eigenvalue weighted by molar-refractivity contribution is -0.137. The minimum Gasteiger partial charge on any atom is -0.361 e. The Morgan fingerprint density at radius 3 is 2.57 bits per heavy atom. The van der Waals surface area contributed by atoms with Crippen molar-refractivity contribution < 1.29 is 17.9 Å². The molecule has 0 aliphatic carbocycles. The summed E-state index contributed by atoms with van der Waals surface area (Å²) in [6.45, 7) is 14.6. The number of piperidine rings is 1. The zero-order valence-corrected chi connectivity index (χ0v) is 28.6. The lowest BCUT2D eigenvalue weighted by atomic mass is 9.81. The van der Waals surface area contributed by atoms with Gasteiger partial charge in [-0.1, -0.05) is 85.8 Å². The van der Waals surface area contributed by atoms with Crippen LogP contribution in [0.4, 0.5) is 19.1 Å². The highest BCUT2D eigenvalue weighted by Gasteiger charge is 2.37. The van der Waals surface area contributed by atoms with Gasteiger partial charge in [-0.05, 0) is 35.6 Å². The average molecular weight is 689 g/mol. The van der Waals surface area contributed by atoms with E-state index in [-0.39, 0.29) is 29.8 Å². The van der Waals surface area contributed by atoms with Crippen molar-refractivity contribution in [3.63, 3.8) is 0 Å². The molecule has 0 saturated carbocycles. The molecule has 2 aromatic heterocycles. The van der Waals surface area contributed by atoms with Crippen LogP contribution < -0.4 is 5.32 Å². The van der Waals surface area contributed by atoms with E-state index in [2.05, 4.69) is 81.7 Å². The maximum Gasteiger partial charge on any atom is 0.419 e. The fourth-order valence-corrected chi connectivity index (χ4v) is 7.09. The molecule has 1 aliphatic heterocycles. The van der Waals surface area contributed by atoms with E-state index in [0.717, 1.165) is 48.3 Å². The number of aromatic nitrogens is 3. The molecule has 0 unspecified atom stereocenters. The number of hydrogen-bond donors (Lipinski definition) is 1. The van der Waals surface area contributed by atoms with E-state index in [1.165, 1.54) is 5.56 Å². The number of anilines is 1. The second-order valence-corrected chi connectivity index (χ2v) is 20.4. The van der Waals surface area contributed by atoms with Crippen LogP contribution >= 0.6 is 15.9 Å². The van der Waals surface area contributed by atoms with Crippen LogP contribution in [0.25, 0.3) is 22.2 Å². The molecule has 1 saturated heterocycles. The average Bonchev–Trinajstić information content (AvgIpc) is 3.27. The van der Waals surface area contributed by atoms with Gasteiger partial charge >= 0.3 is 6.18 Å². The summed E-state index contributed by atoms with van der Waals surface area (Å²) < 4.78 is 51.8. The third-order valence-electron chi connectivity index (χ3n) is 7.93. The molecule has 5 rings (SSSR count). The van der Waals surface area contributed by atoms with Gasteiger partial charge in [-0.25, -0.2) is 9.97 Å². The summed E-state index contributed by atoms with van der Waals surface area (Å²) in [6.07, 6.45) is -1.14. The number of benzene rings is 2. The molecule has 0 spiro atoms. The highest BCUT2D eigenvalue weighted by Crippen LogP contribution is 2.40. The molecule has 3 heterocycles. The second kappa shape index (κ2) is 12.9. The van der Waals surface area contributed by atoms with Crippen molar-refractivity contribution in [2.45, 2.75) is 71.4 Å². The Morgan fingerprint density at radius 1 is 1.11 bits per heavy atom. The zero-order chi connectivity index (χ0) is 31.7. The number of halogens is 4. The topological polar surface area (TPSA) is 55.2 Å². The highest BCUT2D eigenvalue weighted by molar-refractivity contribution is 9.10. The van der Waals surface area contributed by atoms with Crippen molar-refractivity contribution >= 4 is 40.9 Å². The zero-order valence-electron chi connectivity index (χ0n) is 26.0. The van der Waals surface area contributed by atoms with Crippen molar-refractivity contribution in [3.8, 4) is 11.3 Å². The summed E-state index contributed by atoms with van der Waals surface area (Å²) in [5, 5.41) is 4.07. The first-order chi connectivity index (χ1) is 20.7. The summed E-state index contributed by atoms with van der Waals surface area (Å²) in [6, 6.07) is 16.8. The van der Waals surface area contributed by atoms with E-state index in [4.69, 9.17) is 4.74 Å². The lowest BCUT2D eigenvalue weighted by Gasteiger charge is -2.42. The molecule has 1 aliphatic rings. The van der Waals surface area contributed by atoms with Gasteiger partial charge in [-0.3, -0.25) is 4.90 Å². The van der Waals surface area contributed by atoms with Crippen molar-refractivity contribution in [1.82, 2.24) is 19.4 Å². The number of likely N-dealkylation sites (tertiary alicyclic amines) is 1. The molecule has 11 heteroatoms. The van der Waals surface area contributed by atoms with E-state index in [1.54, 1.807) is 6.20 Å². The largest absolute Gasteiger partial charge is 0.419 e. The Morgan fingerprint density at radius 2 is 1.86 bits per heavy atom. The smallest absolute Gasteiger partial charge is 0.361 e. The van der Waals surface area contributed by atoms with Crippen molar-refractivity contribution in [2.24, 2.45) is 5.41 Å². The molecule has 6 nitrogen and oxygen atoms in total. The molecule has 1 N–H and O–H groups in total. The Labute approximate surface area is 267 Å². The first kappa shape index (κ1) is 32.7. The van der Waals surface area contributed by atoms with E-state index in [9.17, 15) is 13.2 Å². The van der Waals surface area contributed by atoms with Gasteiger partial charge < -0.3 is 14.6 Å². The molecule has 1 fully saturated rings. The van der Waals surface area contributed by atoms with E-state index in [0.29, 0.717) is 17.6 Å². The van der Waals surface area contributed by atoms with Gasteiger partial charge in [0.25, 0.3) is 0 Å². The van der Waals surface area contributed by atoms with Gasteiger partial charge in [0.15, 0.2) is 0 Å². The molecule has 1 atom stereocenters. The number of fused-ring (bicyclic) bond motifs is 1. The van der Waals surface area contributed by atoms with E-state index in [1.807, 2.05) is 41.0 Å². The van der Waals surface area contributed by atoms with Crippen LogP contribution in [0.2, 0.25) is 25.7 Å². The fourth-order valence-electron chi connectivity index (χ4n) is 5.98. The number of nitrogens with one attached hydrogen (secondary N) is 1. The summed E-state index contributed by atoms with van der Waals surface area (Å²) in [5.41, 5.74) is 1.40. The predicted octanol–water partition coefficient (Wildman–Crippen LogP) is 8.90. The maximum absolute atomic E-state index is 14.4. The number of hydrogen-bond acceptors (Lipinski definition) is 5. The SMILES string of the molecule is CC1(C)C[C@H](Nc2ncc(C(F)(F)F)c(-c3cn(COCC[Si](C)(C)C)c4cc(Br)ccc34)n2)CN(Cc2ccccc2)C1. The minimum absolute atomic E-state index is 0.00965. The Hall–Kier alpha value is -2.73. The minimum atomic E-state index is -4.62. The van der Waals surface area contributed by atoms with E-state index < -0.39 is 19.8 Å². The first-order valence-electron chi connectivity index (χ1n) is 15.0. The third-order valence-corrected chi connectivity index (χ3v) is 10.1. The summed E-state index contributed by atoms with van der Waals surface area (Å²) in [7, 11) is -1.29. The van der Waals surface area contributed by atoms with Gasteiger partial charge in [-0.2, -0.15) is 13.2 Å². The Kier molecular flexibility index (Phi) is 9.60. The highest BCUT2D eigenvalue weighted by atomic mass is 79.9. The molecule has 0 radical (unpaired) electrons. The van der Waals surface area contributed by atoms with Gasteiger partial charge in [0.05, 0.1) is 11.2 Å². The number of nitrogens with zero attached hydrogens (tertiary/aromatic N) is 4. The van der Waals surface area contributed by atoms with Crippen LogP contribution in [0.3, 0.4) is 0 Å². The molecule has 0 bridgehead atoms. The standard InChI is InChI=1S/C33H41BrF3N5OSi/c1-32(2)16-25(19-41(21-32)18-23-9-7-6-8-10-23)39-31-38-17-28(33(35,36)37)30(40-31)27-20-42(22-43-13-14-44(3,4)5)29-15-24(34)11-12-26(27)29/h6-12,15,17,20,25H,13-14,16,18-19,21-22H2,1-5H3,(H,38,39,40)/t25-/m0/s1. The van der Waals surface area contributed by atoms with Gasteiger partial charge in [-0.15, -0.1) is 0 Å². The Bertz CT molecular complexity index is 1590. The van der Waals surface area contributed by atoms with Crippen molar-refractivity contribution in [2.75, 3.05) is 25.0 Å². The van der Waals surface area contributed by atoms with Gasteiger partial charge in [0.2, 0.25) is 5.95 Å². The van der Waals surface area contributed by atoms with Crippen LogP contribution in [0.1, 0.15) is 31.4 Å². The van der Waals surface area contributed by atoms with Crippen LogP contribution in [-0.4, -0.2) is 53.2 Å². The molecular weight excluding hydrogens is 647 g/mol. The lowest BCUT2D eigenvalue weighted by Crippen LogP contribution is -2.49. The van der Waals surface area contributed by atoms with Crippen LogP contribution in [-0.2, 0) is 24.2 Å². The van der Waals surface area contributed by atoms with Crippen molar-refractivity contribution in [3.05, 3.63) is 76.5 Å². The number of rotatable bonds is 10. The Balaban J connectivity index is 1.46. The fraction of sp³-hybridized carbons (Fsp3) is 0.455. The van der Waals surface area contributed by atoms with Gasteiger partial charge in [0, 0.05) is 68.2 Å². The molecule has 44 heavy (non-hydrogen) atoms. The summed E-state index contributed by atoms with van der Waals surface area (Å²) in [4.78, 5) is 11.1. The first-order valence-corrected chi connectivity index (χ1v) is 19.5. The van der Waals surface area contributed by atoms with Gasteiger partial charge in [0.1, 0.15) is 12.3 Å². The number of ether oxygens (including phenoxy) is 1. The second-order valence-electron chi connectivity index (χ2n) is 13.8. The van der Waals surface area contributed by atoms with E-state index >= 15 is 0 Å². The molecule has 236 valence electrons. The predicted molar refractivity (Wildman–Crippen MR) is 177 cm³/mol. The third kappa shape index (κ3) is 8.29. The van der Waals surface area contributed by atoms with Crippen LogP contribution in [0.15, 0.2) is 65.4 Å². The molecule has 4 aromatic rings. The van der Waals surface area contributed by atoms with Crippen LogP contribution in [0.5, 0.6) is 0 Å². The number of alkyl halides is 3. The maximum atomic E-state index is 14.4. The van der Waals surface area contributed by atoms with Crippen LogP contribution in [0, 0.1) is 5.41 Å². The molecule has 2 aromatic carbocycles. The summed E-state index contributed by atoms with van der Waals surface area (Å²) in [5.74, 6) is 0.194. The summed E-state index contributed by atoms with van der Waals surface area (Å²) >= 11 is 3.52. The normalized spacial score (nSPS) is 17.7. The molecular formula is C33H41BrF3N5OSi. The quantitative estimate of drug-likeness (QED) is 0.133. The van der Waals surface area contributed by atoms with Crippen molar-refractivity contribution in [1.29, 1.82) is 0 Å². The molecule has 0 amide bonds. The monoisotopic (exact) mass is 687 g/mol.